The van der Waals surface area contributed by atoms with E-state index in [1.54, 1.807) is 0 Å². The first-order valence-corrected chi connectivity index (χ1v) is 8.59. The van der Waals surface area contributed by atoms with Crippen LogP contribution in [0.1, 0.15) is 33.6 Å². The lowest BCUT2D eigenvalue weighted by molar-refractivity contribution is -0.136. The fourth-order valence-corrected chi connectivity index (χ4v) is 3.74. The number of amides is 4. The Labute approximate surface area is 152 Å². The van der Waals surface area contributed by atoms with E-state index in [2.05, 4.69) is 10.6 Å². The molecule has 1 unspecified atom stereocenters. The molecule has 1 aromatic carbocycles. The molecule has 3 aliphatic rings. The number of piperidine rings is 1. The molecular formula is C17H16F2N4O4. The number of rotatable bonds is 2. The summed E-state index contributed by atoms with van der Waals surface area (Å²) in [6.45, 7) is 1.72. The number of fused-ring (bicyclic) bond motifs is 1. The fraction of sp³-hybridized carbons (Fsp3) is 0.412. The minimum Gasteiger partial charge on any atom is -0.366 e. The number of piperazine rings is 1. The number of nitrogens with zero attached hydrogens (tertiary/aromatic N) is 2. The van der Waals surface area contributed by atoms with Crippen LogP contribution in [0.4, 0.5) is 14.5 Å². The largest absolute Gasteiger partial charge is 0.366 e. The van der Waals surface area contributed by atoms with E-state index in [1.165, 1.54) is 4.90 Å². The molecule has 142 valence electrons. The molecule has 2 saturated heterocycles. The van der Waals surface area contributed by atoms with Crippen LogP contribution in [0, 0.1) is 11.6 Å². The van der Waals surface area contributed by atoms with E-state index >= 15 is 0 Å². The highest BCUT2D eigenvalue weighted by molar-refractivity contribution is 6.25. The van der Waals surface area contributed by atoms with Gasteiger partial charge >= 0.3 is 0 Å². The van der Waals surface area contributed by atoms with Crippen LogP contribution in [0.5, 0.6) is 0 Å². The number of anilines is 1. The Balaban J connectivity index is 1.79. The molecule has 8 nitrogen and oxygen atoms in total. The lowest BCUT2D eigenvalue weighted by Crippen LogP contribution is -2.54. The monoisotopic (exact) mass is 378 g/mol. The molecule has 0 aromatic heterocycles. The molecule has 2 N–H and O–H groups in total. The summed E-state index contributed by atoms with van der Waals surface area (Å²) < 4.78 is 28.8. The van der Waals surface area contributed by atoms with Crippen LogP contribution in [0.15, 0.2) is 6.07 Å². The van der Waals surface area contributed by atoms with Crippen molar-refractivity contribution in [3.8, 4) is 0 Å². The maximum atomic E-state index is 14.6. The Kier molecular flexibility index (Phi) is 4.14. The van der Waals surface area contributed by atoms with E-state index in [0.717, 1.165) is 0 Å². The van der Waals surface area contributed by atoms with Crippen LogP contribution >= 0.6 is 0 Å². The molecule has 0 radical (unpaired) electrons. The van der Waals surface area contributed by atoms with Crippen molar-refractivity contribution < 1.29 is 28.0 Å². The van der Waals surface area contributed by atoms with Gasteiger partial charge in [-0.3, -0.25) is 29.4 Å². The van der Waals surface area contributed by atoms with Gasteiger partial charge in [-0.15, -0.1) is 0 Å². The lowest BCUT2D eigenvalue weighted by atomic mass is 10.0. The number of carbonyl (C=O) groups is 4. The third kappa shape index (κ3) is 2.67. The Morgan fingerprint density at radius 3 is 2.41 bits per heavy atom. The Morgan fingerprint density at radius 1 is 1.04 bits per heavy atom. The molecule has 4 rings (SSSR count). The first-order chi connectivity index (χ1) is 12.9. The van der Waals surface area contributed by atoms with Gasteiger partial charge in [0.1, 0.15) is 6.04 Å². The zero-order valence-corrected chi connectivity index (χ0v) is 14.2. The van der Waals surface area contributed by atoms with Gasteiger partial charge in [-0.05, 0) is 12.5 Å². The highest BCUT2D eigenvalue weighted by Gasteiger charge is 2.47. The van der Waals surface area contributed by atoms with Crippen molar-refractivity contribution >= 4 is 29.3 Å². The van der Waals surface area contributed by atoms with Crippen LogP contribution < -0.4 is 15.5 Å². The number of hydrogen-bond acceptors (Lipinski definition) is 6. The van der Waals surface area contributed by atoms with E-state index in [-0.39, 0.29) is 29.7 Å². The second-order valence-corrected chi connectivity index (χ2v) is 6.63. The second kappa shape index (κ2) is 6.38. The third-order valence-corrected chi connectivity index (χ3v) is 5.03. The first kappa shape index (κ1) is 17.5. The summed E-state index contributed by atoms with van der Waals surface area (Å²) in [6, 6.07) is -0.486. The summed E-state index contributed by atoms with van der Waals surface area (Å²) in [5.74, 6) is -5.40. The molecule has 3 aliphatic heterocycles. The van der Waals surface area contributed by atoms with Gasteiger partial charge in [0.2, 0.25) is 11.8 Å². The summed E-state index contributed by atoms with van der Waals surface area (Å²) in [4.78, 5) is 51.4. The molecule has 0 bridgehead atoms. The van der Waals surface area contributed by atoms with Gasteiger partial charge < -0.3 is 10.2 Å². The molecular weight excluding hydrogens is 362 g/mol. The molecule has 0 saturated carbocycles. The average Bonchev–Trinajstić information content (AvgIpc) is 2.88. The number of hydrogen-bond donors (Lipinski definition) is 2. The van der Waals surface area contributed by atoms with Crippen LogP contribution in [0.2, 0.25) is 0 Å². The smallest absolute Gasteiger partial charge is 0.264 e. The van der Waals surface area contributed by atoms with Gasteiger partial charge in [0.25, 0.3) is 11.8 Å². The predicted octanol–water partition coefficient (Wildman–Crippen LogP) is -0.224. The molecule has 1 atom stereocenters. The minimum atomic E-state index is -1.23. The van der Waals surface area contributed by atoms with Gasteiger partial charge in [0, 0.05) is 32.6 Å². The van der Waals surface area contributed by atoms with Crippen molar-refractivity contribution in [3.63, 3.8) is 0 Å². The number of halogens is 2. The van der Waals surface area contributed by atoms with Crippen LogP contribution in [0.25, 0.3) is 0 Å². The third-order valence-electron chi connectivity index (χ3n) is 5.03. The summed E-state index contributed by atoms with van der Waals surface area (Å²) >= 11 is 0. The van der Waals surface area contributed by atoms with Crippen molar-refractivity contribution in [3.05, 3.63) is 28.8 Å². The molecule has 10 heteroatoms. The van der Waals surface area contributed by atoms with Crippen molar-refractivity contribution in [2.45, 2.75) is 18.9 Å². The Bertz CT molecular complexity index is 882. The topological polar surface area (TPSA) is 98.8 Å². The van der Waals surface area contributed by atoms with Crippen molar-refractivity contribution in [2.75, 3.05) is 31.1 Å². The molecule has 4 amide bonds. The maximum absolute atomic E-state index is 14.6. The van der Waals surface area contributed by atoms with E-state index in [0.29, 0.717) is 37.1 Å². The number of benzene rings is 1. The van der Waals surface area contributed by atoms with Crippen molar-refractivity contribution in [1.29, 1.82) is 0 Å². The average molecular weight is 378 g/mol. The van der Waals surface area contributed by atoms with Crippen molar-refractivity contribution in [1.82, 2.24) is 15.5 Å². The lowest BCUT2D eigenvalue weighted by Gasteiger charge is -2.31. The summed E-state index contributed by atoms with van der Waals surface area (Å²) in [7, 11) is 0. The van der Waals surface area contributed by atoms with Gasteiger partial charge in [0.15, 0.2) is 11.6 Å². The van der Waals surface area contributed by atoms with Crippen molar-refractivity contribution in [2.24, 2.45) is 0 Å². The van der Waals surface area contributed by atoms with Gasteiger partial charge in [0.05, 0.1) is 16.8 Å². The van der Waals surface area contributed by atoms with Crippen LogP contribution in [-0.4, -0.2) is 60.7 Å². The maximum Gasteiger partial charge on any atom is 0.264 e. The van der Waals surface area contributed by atoms with E-state index < -0.39 is 41.3 Å². The number of carbonyl (C=O) groups excluding carboxylic acids is 4. The number of nitrogens with one attached hydrogen (secondary N) is 2. The summed E-state index contributed by atoms with van der Waals surface area (Å²) in [6.07, 6.45) is -0.0543. The van der Waals surface area contributed by atoms with Crippen LogP contribution in [0.3, 0.4) is 0 Å². The Hall–Kier alpha value is -2.88. The van der Waals surface area contributed by atoms with Gasteiger partial charge in [-0.2, -0.15) is 0 Å². The zero-order valence-electron chi connectivity index (χ0n) is 14.2. The highest BCUT2D eigenvalue weighted by Crippen LogP contribution is 2.37. The first-order valence-electron chi connectivity index (χ1n) is 8.59. The van der Waals surface area contributed by atoms with Crippen LogP contribution in [-0.2, 0) is 9.59 Å². The molecule has 27 heavy (non-hydrogen) atoms. The van der Waals surface area contributed by atoms with E-state index in [9.17, 15) is 28.0 Å². The molecule has 2 fully saturated rings. The fourth-order valence-electron chi connectivity index (χ4n) is 3.74. The molecule has 0 spiro atoms. The molecule has 1 aromatic rings. The minimum absolute atomic E-state index is 0.0237. The predicted molar refractivity (Wildman–Crippen MR) is 88.1 cm³/mol. The second-order valence-electron chi connectivity index (χ2n) is 6.63. The normalized spacial score (nSPS) is 23.0. The Morgan fingerprint density at radius 2 is 1.74 bits per heavy atom. The van der Waals surface area contributed by atoms with Gasteiger partial charge in [-0.25, -0.2) is 8.78 Å². The van der Waals surface area contributed by atoms with Gasteiger partial charge in [-0.1, -0.05) is 0 Å². The highest BCUT2D eigenvalue weighted by atomic mass is 19.2. The summed E-state index contributed by atoms with van der Waals surface area (Å²) in [5, 5.41) is 5.16. The standard InChI is InChI=1S/C17H16F2N4O4/c18-9-7-8-12(14(13(9)19)22-5-3-20-4-6-22)17(27)23(16(8)26)10-1-2-11(24)21-15(10)25/h7,10,20H,1-6H2,(H,21,24,25). The SMILES string of the molecule is O=C1CCC(N2C(=O)c3cc(F)c(F)c(N4CCNCC4)c3C2=O)C(=O)N1. The van der Waals surface area contributed by atoms with E-state index in [4.69, 9.17) is 0 Å². The zero-order chi connectivity index (χ0) is 19.3. The molecule has 0 aliphatic carbocycles. The number of imide groups is 2. The van der Waals surface area contributed by atoms with E-state index in [1.807, 2.05) is 0 Å². The molecule has 3 heterocycles. The quantitative estimate of drug-likeness (QED) is 0.691. The summed E-state index contributed by atoms with van der Waals surface area (Å²) in [5.41, 5.74) is -0.748.